The number of nitrogens with one attached hydrogen (secondary N) is 3. The first-order valence-electron chi connectivity index (χ1n) is 11.5. The molecule has 4 aromatic rings. The van der Waals surface area contributed by atoms with E-state index >= 15 is 0 Å². The van der Waals surface area contributed by atoms with Gasteiger partial charge in [-0.25, -0.2) is 0 Å². The summed E-state index contributed by atoms with van der Waals surface area (Å²) in [7, 11) is 0. The quantitative estimate of drug-likeness (QED) is 0.315. The van der Waals surface area contributed by atoms with Gasteiger partial charge in [0.15, 0.2) is 0 Å². The molecule has 0 radical (unpaired) electrons. The van der Waals surface area contributed by atoms with Gasteiger partial charge in [-0.3, -0.25) is 24.4 Å². The highest BCUT2D eigenvalue weighted by Crippen LogP contribution is 2.40. The standard InChI is InChI=1S/C26H26ClN5O4/c1-12-10-18(31-30-12)32-11-14-15(27)7-8-16(19(14)25(32)35)28-20-21(23(34)22(20)33)29-24(26(3,4)5)17-9-6-13(2)36-17/h6-10,24,28-29H,11H2,1-5H3,(H,30,31)/t24-/m0/s1. The third kappa shape index (κ3) is 3.89. The lowest BCUT2D eigenvalue weighted by molar-refractivity contribution is 0.0996. The number of rotatable bonds is 6. The lowest BCUT2D eigenvalue weighted by atomic mass is 9.85. The highest BCUT2D eigenvalue weighted by atomic mass is 35.5. The van der Waals surface area contributed by atoms with Gasteiger partial charge in [-0.05, 0) is 43.5 Å². The second-order valence-electron chi connectivity index (χ2n) is 10.2. The van der Waals surface area contributed by atoms with E-state index in [0.717, 1.165) is 11.5 Å². The van der Waals surface area contributed by atoms with Gasteiger partial charge in [-0.2, -0.15) is 5.10 Å². The van der Waals surface area contributed by atoms with Crippen LogP contribution in [-0.2, 0) is 6.54 Å². The van der Waals surface area contributed by atoms with E-state index in [4.69, 9.17) is 16.0 Å². The Bertz CT molecular complexity index is 1570. The third-order valence-electron chi connectivity index (χ3n) is 6.38. The highest BCUT2D eigenvalue weighted by molar-refractivity contribution is 6.33. The van der Waals surface area contributed by atoms with Crippen molar-refractivity contribution in [2.24, 2.45) is 5.41 Å². The van der Waals surface area contributed by atoms with Crippen LogP contribution in [0.15, 0.2) is 44.3 Å². The maximum absolute atomic E-state index is 13.4. The van der Waals surface area contributed by atoms with Crippen LogP contribution in [0.2, 0.25) is 5.02 Å². The predicted molar refractivity (Wildman–Crippen MR) is 139 cm³/mol. The number of carbonyl (C=O) groups excluding carboxylic acids is 1. The molecular formula is C26H26ClN5O4. The van der Waals surface area contributed by atoms with Crippen molar-refractivity contribution in [3.05, 3.63) is 84.1 Å². The van der Waals surface area contributed by atoms with Gasteiger partial charge in [0.25, 0.3) is 16.8 Å². The Morgan fingerprint density at radius 3 is 2.42 bits per heavy atom. The number of benzene rings is 1. The molecule has 1 aliphatic heterocycles. The van der Waals surface area contributed by atoms with Gasteiger partial charge in [0.2, 0.25) is 0 Å². The van der Waals surface area contributed by atoms with Crippen LogP contribution in [0.1, 0.15) is 59.9 Å². The Balaban J connectivity index is 1.49. The molecule has 0 saturated heterocycles. The van der Waals surface area contributed by atoms with Crippen molar-refractivity contribution in [3.8, 4) is 0 Å². The topological polar surface area (TPSA) is 120 Å². The summed E-state index contributed by atoms with van der Waals surface area (Å²) in [4.78, 5) is 40.1. The van der Waals surface area contributed by atoms with E-state index in [9.17, 15) is 14.4 Å². The van der Waals surface area contributed by atoms with E-state index in [1.165, 1.54) is 4.90 Å². The Labute approximate surface area is 212 Å². The van der Waals surface area contributed by atoms with E-state index in [1.54, 1.807) is 18.2 Å². The number of carbonyl (C=O) groups is 1. The van der Waals surface area contributed by atoms with E-state index in [-0.39, 0.29) is 35.3 Å². The zero-order valence-corrected chi connectivity index (χ0v) is 21.3. The van der Waals surface area contributed by atoms with Crippen LogP contribution in [0.5, 0.6) is 0 Å². The van der Waals surface area contributed by atoms with Crippen molar-refractivity contribution >= 4 is 40.4 Å². The number of hydrogen-bond donors (Lipinski definition) is 3. The SMILES string of the molecule is Cc1cc(N2Cc3c(Cl)ccc(Nc4c(N[C@@H](c5ccc(C)o5)C(C)(C)C)c(=O)c4=O)c3C2=O)[nH]n1. The second-order valence-corrected chi connectivity index (χ2v) is 10.6. The van der Waals surface area contributed by atoms with Crippen LogP contribution in [0.4, 0.5) is 22.9 Å². The van der Waals surface area contributed by atoms with Crippen molar-refractivity contribution < 1.29 is 9.21 Å². The lowest BCUT2D eigenvalue weighted by Crippen LogP contribution is -2.39. The zero-order chi connectivity index (χ0) is 25.9. The van der Waals surface area contributed by atoms with Crippen LogP contribution < -0.4 is 26.4 Å². The summed E-state index contributed by atoms with van der Waals surface area (Å²) < 4.78 is 5.83. The molecule has 0 spiro atoms. The Morgan fingerprint density at radius 1 is 1.08 bits per heavy atom. The molecule has 9 nitrogen and oxygen atoms in total. The second kappa shape index (κ2) is 8.37. The number of H-pyrrole nitrogens is 1. The van der Waals surface area contributed by atoms with Crippen LogP contribution in [-0.4, -0.2) is 16.1 Å². The Morgan fingerprint density at radius 2 is 1.81 bits per heavy atom. The molecule has 1 aliphatic rings. The number of aryl methyl sites for hydroxylation is 2. The molecule has 10 heteroatoms. The number of nitrogens with zero attached hydrogens (tertiary/aromatic N) is 2. The van der Waals surface area contributed by atoms with Gasteiger partial charge in [-0.15, -0.1) is 0 Å². The number of aromatic nitrogens is 2. The molecule has 186 valence electrons. The minimum absolute atomic E-state index is 0.102. The molecule has 1 atom stereocenters. The lowest BCUT2D eigenvalue weighted by Gasteiger charge is -2.31. The first kappa shape index (κ1) is 23.9. The van der Waals surface area contributed by atoms with Crippen molar-refractivity contribution in [3.63, 3.8) is 0 Å². The van der Waals surface area contributed by atoms with Gasteiger partial charge in [0.1, 0.15) is 28.7 Å². The fourth-order valence-electron chi connectivity index (χ4n) is 4.48. The normalized spacial score (nSPS) is 14.4. The summed E-state index contributed by atoms with van der Waals surface area (Å²) in [5.41, 5.74) is 0.773. The number of furan rings is 1. The highest BCUT2D eigenvalue weighted by Gasteiger charge is 2.36. The van der Waals surface area contributed by atoms with Gasteiger partial charge in [0.05, 0.1) is 29.5 Å². The van der Waals surface area contributed by atoms with Crippen molar-refractivity contribution in [2.75, 3.05) is 15.5 Å². The van der Waals surface area contributed by atoms with Crippen LogP contribution in [0, 0.1) is 19.3 Å². The molecule has 2 aromatic heterocycles. The maximum atomic E-state index is 13.4. The molecule has 3 heterocycles. The molecule has 5 rings (SSSR count). The molecule has 0 saturated carbocycles. The minimum Gasteiger partial charge on any atom is -0.464 e. The van der Waals surface area contributed by atoms with E-state index in [1.807, 2.05) is 46.8 Å². The van der Waals surface area contributed by atoms with Gasteiger partial charge < -0.3 is 15.1 Å². The summed E-state index contributed by atoms with van der Waals surface area (Å²) in [5, 5.41) is 13.7. The third-order valence-corrected chi connectivity index (χ3v) is 6.74. The largest absolute Gasteiger partial charge is 0.464 e. The monoisotopic (exact) mass is 507 g/mol. The molecule has 0 bridgehead atoms. The first-order valence-corrected chi connectivity index (χ1v) is 11.9. The Kier molecular flexibility index (Phi) is 5.55. The molecule has 0 fully saturated rings. The van der Waals surface area contributed by atoms with E-state index in [2.05, 4.69) is 20.8 Å². The van der Waals surface area contributed by atoms with Gasteiger partial charge in [-0.1, -0.05) is 32.4 Å². The summed E-state index contributed by atoms with van der Waals surface area (Å²) in [6.45, 7) is 9.96. The summed E-state index contributed by atoms with van der Waals surface area (Å²) in [6.07, 6.45) is 0. The molecule has 1 amide bonds. The maximum Gasteiger partial charge on any atom is 0.262 e. The number of fused-ring (bicyclic) bond motifs is 1. The average molecular weight is 508 g/mol. The number of aromatic amines is 1. The summed E-state index contributed by atoms with van der Waals surface area (Å²) in [6, 6.07) is 8.41. The molecule has 0 unspecified atom stereocenters. The fourth-order valence-corrected chi connectivity index (χ4v) is 4.70. The summed E-state index contributed by atoms with van der Waals surface area (Å²) in [5.74, 6) is 1.67. The van der Waals surface area contributed by atoms with Gasteiger partial charge >= 0.3 is 0 Å². The van der Waals surface area contributed by atoms with Crippen LogP contribution in [0.3, 0.4) is 0 Å². The van der Waals surface area contributed by atoms with Crippen LogP contribution in [0.25, 0.3) is 0 Å². The minimum atomic E-state index is -0.657. The molecule has 0 aliphatic carbocycles. The molecular weight excluding hydrogens is 482 g/mol. The first-order chi connectivity index (χ1) is 17.0. The Hall–Kier alpha value is -3.85. The number of hydrogen-bond acceptors (Lipinski definition) is 7. The molecule has 2 aromatic carbocycles. The number of halogens is 1. The molecule has 36 heavy (non-hydrogen) atoms. The van der Waals surface area contributed by atoms with Crippen LogP contribution >= 0.6 is 11.6 Å². The van der Waals surface area contributed by atoms with Gasteiger partial charge in [0, 0.05) is 16.7 Å². The summed E-state index contributed by atoms with van der Waals surface area (Å²) >= 11 is 6.43. The number of amides is 1. The predicted octanol–water partition coefficient (Wildman–Crippen LogP) is 4.97. The molecule has 3 N–H and O–H groups in total. The number of anilines is 4. The van der Waals surface area contributed by atoms with E-state index < -0.39 is 10.9 Å². The smallest absolute Gasteiger partial charge is 0.262 e. The fraction of sp³-hybridized carbons (Fsp3) is 0.308. The van der Waals surface area contributed by atoms with Crippen molar-refractivity contribution in [1.29, 1.82) is 0 Å². The zero-order valence-electron chi connectivity index (χ0n) is 20.6. The van der Waals surface area contributed by atoms with Crippen molar-refractivity contribution in [1.82, 2.24) is 10.2 Å². The van der Waals surface area contributed by atoms with E-state index in [0.29, 0.717) is 33.4 Å². The van der Waals surface area contributed by atoms with Crippen molar-refractivity contribution in [2.45, 2.75) is 47.2 Å². The average Bonchev–Trinajstić information content (AvgIpc) is 3.52.